The molecule has 1 aliphatic carbocycles. The summed E-state index contributed by atoms with van der Waals surface area (Å²) in [6, 6.07) is 16.8. The van der Waals surface area contributed by atoms with Gasteiger partial charge in [-0.05, 0) is 38.0 Å². The SMILES string of the molecule is CCOc1ccccc1[C@@H]1[C@H]2CCCC[C@]2(O)CC[NH+]1Cc1ccccc1Cl. The minimum Gasteiger partial charge on any atom is -0.493 e. The molecule has 0 spiro atoms. The number of likely N-dealkylation sites (tertiary alicyclic amines) is 1. The van der Waals surface area contributed by atoms with E-state index in [1.54, 1.807) is 0 Å². The van der Waals surface area contributed by atoms with Crippen molar-refractivity contribution in [1.29, 1.82) is 0 Å². The normalized spacial score (nSPS) is 29.9. The summed E-state index contributed by atoms with van der Waals surface area (Å²) < 4.78 is 6.00. The van der Waals surface area contributed by atoms with Crippen molar-refractivity contribution in [3.8, 4) is 5.75 Å². The highest BCUT2D eigenvalue weighted by atomic mass is 35.5. The summed E-state index contributed by atoms with van der Waals surface area (Å²) in [5, 5.41) is 12.3. The fourth-order valence-corrected chi connectivity index (χ4v) is 5.60. The van der Waals surface area contributed by atoms with Crippen LogP contribution in [-0.4, -0.2) is 23.9 Å². The Morgan fingerprint density at radius 3 is 2.71 bits per heavy atom. The molecule has 1 saturated carbocycles. The summed E-state index contributed by atoms with van der Waals surface area (Å²) in [5.41, 5.74) is 1.86. The van der Waals surface area contributed by atoms with E-state index < -0.39 is 5.60 Å². The quantitative estimate of drug-likeness (QED) is 0.789. The van der Waals surface area contributed by atoms with Crippen LogP contribution in [0.5, 0.6) is 5.75 Å². The number of benzene rings is 2. The number of para-hydroxylation sites is 1. The van der Waals surface area contributed by atoms with Gasteiger partial charge >= 0.3 is 0 Å². The molecule has 4 rings (SSSR count). The van der Waals surface area contributed by atoms with Gasteiger partial charge in [0.05, 0.1) is 24.3 Å². The molecule has 4 heteroatoms. The predicted molar refractivity (Wildman–Crippen MR) is 113 cm³/mol. The molecule has 28 heavy (non-hydrogen) atoms. The van der Waals surface area contributed by atoms with E-state index in [-0.39, 0.29) is 12.0 Å². The van der Waals surface area contributed by atoms with Crippen molar-refractivity contribution in [3.63, 3.8) is 0 Å². The van der Waals surface area contributed by atoms with Gasteiger partial charge in [-0.2, -0.15) is 0 Å². The molecule has 2 aromatic carbocycles. The lowest BCUT2D eigenvalue weighted by Gasteiger charge is -2.50. The van der Waals surface area contributed by atoms with Crippen molar-refractivity contribution in [2.45, 2.75) is 57.2 Å². The zero-order valence-corrected chi connectivity index (χ0v) is 17.4. The van der Waals surface area contributed by atoms with Crippen LogP contribution in [0, 0.1) is 5.92 Å². The zero-order valence-electron chi connectivity index (χ0n) is 16.7. The van der Waals surface area contributed by atoms with Gasteiger partial charge in [0.25, 0.3) is 0 Å². The minimum absolute atomic E-state index is 0.220. The average Bonchev–Trinajstić information content (AvgIpc) is 2.70. The lowest BCUT2D eigenvalue weighted by Crippen LogP contribution is -3.13. The highest BCUT2D eigenvalue weighted by molar-refractivity contribution is 6.31. The van der Waals surface area contributed by atoms with E-state index in [4.69, 9.17) is 16.3 Å². The number of quaternary nitrogens is 1. The molecule has 1 heterocycles. The van der Waals surface area contributed by atoms with Gasteiger partial charge in [0.15, 0.2) is 0 Å². The first kappa shape index (κ1) is 19.8. The highest BCUT2D eigenvalue weighted by Crippen LogP contribution is 2.45. The molecule has 0 amide bonds. The van der Waals surface area contributed by atoms with Gasteiger partial charge in [0.2, 0.25) is 0 Å². The van der Waals surface area contributed by atoms with Crippen molar-refractivity contribution in [3.05, 3.63) is 64.7 Å². The molecule has 4 atom stereocenters. The molecule has 2 fully saturated rings. The Morgan fingerprint density at radius 2 is 1.89 bits per heavy atom. The van der Waals surface area contributed by atoms with Crippen molar-refractivity contribution in [1.82, 2.24) is 0 Å². The molecule has 0 radical (unpaired) electrons. The number of hydrogen-bond acceptors (Lipinski definition) is 2. The molecule has 0 bridgehead atoms. The smallest absolute Gasteiger partial charge is 0.128 e. The highest BCUT2D eigenvalue weighted by Gasteiger charge is 2.52. The third kappa shape index (κ3) is 3.80. The van der Waals surface area contributed by atoms with E-state index in [1.165, 1.54) is 22.4 Å². The van der Waals surface area contributed by atoms with E-state index in [2.05, 4.69) is 30.3 Å². The topological polar surface area (TPSA) is 33.9 Å². The van der Waals surface area contributed by atoms with Crippen LogP contribution in [0.3, 0.4) is 0 Å². The lowest BCUT2D eigenvalue weighted by atomic mass is 9.66. The molecule has 2 aliphatic rings. The molecular formula is C24H31ClNO2+. The van der Waals surface area contributed by atoms with Crippen LogP contribution in [0.4, 0.5) is 0 Å². The second kappa shape index (κ2) is 8.44. The van der Waals surface area contributed by atoms with E-state index in [9.17, 15) is 5.11 Å². The maximum absolute atomic E-state index is 11.5. The first-order chi connectivity index (χ1) is 13.6. The first-order valence-electron chi connectivity index (χ1n) is 10.6. The van der Waals surface area contributed by atoms with Crippen LogP contribution < -0.4 is 9.64 Å². The maximum Gasteiger partial charge on any atom is 0.128 e. The van der Waals surface area contributed by atoms with Crippen LogP contribution in [0.25, 0.3) is 0 Å². The number of ether oxygens (including phenoxy) is 1. The van der Waals surface area contributed by atoms with Crippen molar-refractivity contribution in [2.24, 2.45) is 5.92 Å². The summed E-state index contributed by atoms with van der Waals surface area (Å²) >= 11 is 6.50. The summed E-state index contributed by atoms with van der Waals surface area (Å²) in [7, 11) is 0. The predicted octanol–water partition coefficient (Wildman–Crippen LogP) is 4.19. The van der Waals surface area contributed by atoms with E-state index in [1.807, 2.05) is 25.1 Å². The first-order valence-corrected chi connectivity index (χ1v) is 11.0. The number of halogens is 1. The lowest BCUT2D eigenvalue weighted by molar-refractivity contribution is -0.958. The second-order valence-corrected chi connectivity index (χ2v) is 8.74. The molecule has 1 saturated heterocycles. The molecule has 2 N–H and O–H groups in total. The van der Waals surface area contributed by atoms with Gasteiger partial charge in [0.1, 0.15) is 18.3 Å². The van der Waals surface area contributed by atoms with Crippen LogP contribution in [0.2, 0.25) is 5.02 Å². The number of piperidine rings is 1. The molecule has 0 aromatic heterocycles. The Labute approximate surface area is 173 Å². The van der Waals surface area contributed by atoms with Crippen LogP contribution >= 0.6 is 11.6 Å². The Hall–Kier alpha value is -1.55. The molecular weight excluding hydrogens is 370 g/mol. The summed E-state index contributed by atoms with van der Waals surface area (Å²) in [6.07, 6.45) is 5.19. The minimum atomic E-state index is -0.549. The van der Waals surface area contributed by atoms with Gasteiger partial charge in [0, 0.05) is 22.9 Å². The van der Waals surface area contributed by atoms with Crippen LogP contribution in [0.15, 0.2) is 48.5 Å². The van der Waals surface area contributed by atoms with E-state index >= 15 is 0 Å². The van der Waals surface area contributed by atoms with Crippen molar-refractivity contribution >= 4 is 11.6 Å². The monoisotopic (exact) mass is 400 g/mol. The molecule has 3 nitrogen and oxygen atoms in total. The summed E-state index contributed by atoms with van der Waals surface area (Å²) in [5.74, 6) is 1.22. The van der Waals surface area contributed by atoms with Gasteiger partial charge in [-0.1, -0.05) is 54.8 Å². The summed E-state index contributed by atoms with van der Waals surface area (Å²) in [4.78, 5) is 1.48. The molecule has 1 aliphatic heterocycles. The Bertz CT molecular complexity index is 811. The standard InChI is InChI=1S/C24H30ClNO2/c1-2-28-22-13-6-4-10-19(22)23-20-11-7-8-14-24(20,27)15-16-26(23)17-18-9-3-5-12-21(18)25/h3-6,9-10,12-13,20,23,27H,2,7-8,11,14-17H2,1H3/p+1/t20-,23-,24+/m1/s1. The van der Waals surface area contributed by atoms with Crippen LogP contribution in [-0.2, 0) is 6.54 Å². The largest absolute Gasteiger partial charge is 0.493 e. The van der Waals surface area contributed by atoms with Gasteiger partial charge in [-0.15, -0.1) is 0 Å². The number of nitrogens with one attached hydrogen (secondary N) is 1. The van der Waals surface area contributed by atoms with Gasteiger partial charge in [-0.3, -0.25) is 0 Å². The third-order valence-corrected chi connectivity index (χ3v) is 7.08. The molecule has 1 unspecified atom stereocenters. The Balaban J connectivity index is 1.74. The second-order valence-electron chi connectivity index (χ2n) is 8.33. The van der Waals surface area contributed by atoms with Crippen LogP contribution in [0.1, 0.15) is 56.2 Å². The molecule has 150 valence electrons. The van der Waals surface area contributed by atoms with E-state index in [0.29, 0.717) is 6.61 Å². The third-order valence-electron chi connectivity index (χ3n) is 6.72. The van der Waals surface area contributed by atoms with Crippen molar-refractivity contribution in [2.75, 3.05) is 13.2 Å². The number of aliphatic hydroxyl groups is 1. The van der Waals surface area contributed by atoms with Crippen molar-refractivity contribution < 1.29 is 14.7 Å². The number of rotatable bonds is 5. The zero-order chi connectivity index (χ0) is 19.6. The number of fused-ring (bicyclic) bond motifs is 1. The van der Waals surface area contributed by atoms with Gasteiger partial charge < -0.3 is 14.7 Å². The Morgan fingerprint density at radius 1 is 1.11 bits per heavy atom. The average molecular weight is 401 g/mol. The fourth-order valence-electron chi connectivity index (χ4n) is 5.40. The molecule has 2 aromatic rings. The van der Waals surface area contributed by atoms with Gasteiger partial charge in [-0.25, -0.2) is 0 Å². The number of hydrogen-bond donors (Lipinski definition) is 2. The summed E-state index contributed by atoms with van der Waals surface area (Å²) in [6.45, 7) is 4.50. The Kier molecular flexibility index (Phi) is 5.96. The maximum atomic E-state index is 11.5. The van der Waals surface area contributed by atoms with E-state index in [0.717, 1.165) is 49.5 Å². The fraction of sp³-hybridized carbons (Fsp3) is 0.500.